The Kier molecular flexibility index (Phi) is 3.97. The van der Waals surface area contributed by atoms with E-state index in [1.54, 1.807) is 0 Å². The van der Waals surface area contributed by atoms with E-state index >= 15 is 0 Å². The number of rotatable bonds is 3. The molecule has 1 heterocycles. The fourth-order valence-corrected chi connectivity index (χ4v) is 2.86. The van der Waals surface area contributed by atoms with E-state index < -0.39 is 0 Å². The summed E-state index contributed by atoms with van der Waals surface area (Å²) in [6, 6.07) is 14.5. The molecule has 20 heavy (non-hydrogen) atoms. The summed E-state index contributed by atoms with van der Waals surface area (Å²) in [6.07, 6.45) is 1.89. The Morgan fingerprint density at radius 1 is 1.10 bits per heavy atom. The van der Waals surface area contributed by atoms with Gasteiger partial charge in [0.2, 0.25) is 5.91 Å². The van der Waals surface area contributed by atoms with Crippen molar-refractivity contribution in [1.29, 1.82) is 0 Å². The summed E-state index contributed by atoms with van der Waals surface area (Å²) in [7, 11) is 0. The second kappa shape index (κ2) is 6.06. The van der Waals surface area contributed by atoms with E-state index in [1.807, 2.05) is 18.2 Å². The number of amides is 1. The molecule has 1 aliphatic rings. The molecular weight excluding hydrogens is 248 g/mol. The minimum absolute atomic E-state index is 0.172. The Labute approximate surface area is 119 Å². The van der Waals surface area contributed by atoms with E-state index in [9.17, 15) is 4.79 Å². The molecule has 3 nitrogen and oxygen atoms in total. The zero-order valence-electron chi connectivity index (χ0n) is 11.6. The van der Waals surface area contributed by atoms with Gasteiger partial charge in [-0.3, -0.25) is 4.79 Å². The molecule has 1 saturated heterocycles. The van der Waals surface area contributed by atoms with Gasteiger partial charge in [0.15, 0.2) is 0 Å². The highest BCUT2D eigenvalue weighted by Crippen LogP contribution is 2.18. The summed E-state index contributed by atoms with van der Waals surface area (Å²) in [5.74, 6) is 0.366. The maximum Gasteiger partial charge on any atom is 0.223 e. The summed E-state index contributed by atoms with van der Waals surface area (Å²) in [5.41, 5.74) is 1.19. The van der Waals surface area contributed by atoms with E-state index in [4.69, 9.17) is 0 Å². The Morgan fingerprint density at radius 2 is 1.85 bits per heavy atom. The molecule has 2 aromatic carbocycles. The molecule has 2 N–H and O–H groups in total. The summed E-state index contributed by atoms with van der Waals surface area (Å²) >= 11 is 0. The van der Waals surface area contributed by atoms with Crippen LogP contribution in [0.5, 0.6) is 0 Å². The molecule has 104 valence electrons. The lowest BCUT2D eigenvalue weighted by molar-refractivity contribution is -0.125. The first kappa shape index (κ1) is 13.1. The van der Waals surface area contributed by atoms with Gasteiger partial charge >= 0.3 is 0 Å². The van der Waals surface area contributed by atoms with Gasteiger partial charge in [0.25, 0.3) is 0 Å². The Morgan fingerprint density at radius 3 is 2.70 bits per heavy atom. The third-order valence-electron chi connectivity index (χ3n) is 4.04. The number of carbonyl (C=O) groups excluding carboxylic acids is 1. The van der Waals surface area contributed by atoms with E-state index in [0.29, 0.717) is 6.54 Å². The number of carbonyl (C=O) groups is 1. The average molecular weight is 268 g/mol. The third-order valence-corrected chi connectivity index (χ3v) is 4.04. The predicted octanol–water partition coefficient (Wildman–Crippen LogP) is 2.46. The Bertz CT molecular complexity index is 597. The first-order chi connectivity index (χ1) is 9.84. The molecule has 0 aromatic heterocycles. The summed E-state index contributed by atoms with van der Waals surface area (Å²) in [4.78, 5) is 12.2. The van der Waals surface area contributed by atoms with Crippen LogP contribution in [-0.2, 0) is 11.3 Å². The van der Waals surface area contributed by atoms with Crippen LogP contribution in [0.4, 0.5) is 0 Å². The Hall–Kier alpha value is -1.87. The van der Waals surface area contributed by atoms with Crippen LogP contribution in [0.2, 0.25) is 0 Å². The van der Waals surface area contributed by atoms with Crippen LogP contribution in [0.25, 0.3) is 10.8 Å². The lowest BCUT2D eigenvalue weighted by Crippen LogP contribution is -2.37. The van der Waals surface area contributed by atoms with Crippen LogP contribution < -0.4 is 10.6 Å². The van der Waals surface area contributed by atoms with Gasteiger partial charge in [0.1, 0.15) is 0 Å². The van der Waals surface area contributed by atoms with Gasteiger partial charge < -0.3 is 10.6 Å². The molecule has 0 spiro atoms. The monoisotopic (exact) mass is 268 g/mol. The fraction of sp³-hybridized carbons (Fsp3) is 0.353. The highest BCUT2D eigenvalue weighted by atomic mass is 16.1. The first-order valence-electron chi connectivity index (χ1n) is 7.29. The molecule has 3 rings (SSSR count). The van der Waals surface area contributed by atoms with Crippen molar-refractivity contribution in [3.8, 4) is 0 Å². The number of benzene rings is 2. The molecule has 0 aliphatic carbocycles. The molecular formula is C17H20N2O. The van der Waals surface area contributed by atoms with Crippen molar-refractivity contribution < 1.29 is 4.79 Å². The molecule has 1 amide bonds. The van der Waals surface area contributed by atoms with Gasteiger partial charge in [-0.05, 0) is 42.3 Å². The van der Waals surface area contributed by atoms with Gasteiger partial charge in [-0.25, -0.2) is 0 Å². The van der Waals surface area contributed by atoms with Gasteiger partial charge in [0.05, 0.1) is 0 Å². The van der Waals surface area contributed by atoms with Crippen LogP contribution in [0.15, 0.2) is 42.5 Å². The topological polar surface area (TPSA) is 41.1 Å². The largest absolute Gasteiger partial charge is 0.352 e. The van der Waals surface area contributed by atoms with Crippen molar-refractivity contribution in [3.63, 3.8) is 0 Å². The minimum Gasteiger partial charge on any atom is -0.352 e. The normalized spacial score (nSPS) is 16.2. The maximum atomic E-state index is 12.2. The third kappa shape index (κ3) is 2.83. The van der Waals surface area contributed by atoms with Gasteiger partial charge in [-0.2, -0.15) is 0 Å². The molecule has 1 fully saturated rings. The molecule has 0 saturated carbocycles. The number of nitrogens with one attached hydrogen (secondary N) is 2. The maximum absolute atomic E-state index is 12.2. The molecule has 1 aliphatic heterocycles. The van der Waals surface area contributed by atoms with E-state index in [0.717, 1.165) is 25.9 Å². The summed E-state index contributed by atoms with van der Waals surface area (Å²) < 4.78 is 0. The predicted molar refractivity (Wildman–Crippen MR) is 81.4 cm³/mol. The lowest BCUT2D eigenvalue weighted by atomic mass is 9.97. The zero-order chi connectivity index (χ0) is 13.8. The highest BCUT2D eigenvalue weighted by Gasteiger charge is 2.20. The molecule has 0 radical (unpaired) electrons. The molecule has 0 atom stereocenters. The van der Waals surface area contributed by atoms with Crippen molar-refractivity contribution in [2.45, 2.75) is 19.4 Å². The summed E-state index contributed by atoms with van der Waals surface area (Å²) in [5, 5.41) is 8.83. The molecule has 3 heteroatoms. The van der Waals surface area contributed by atoms with Crippen molar-refractivity contribution in [2.75, 3.05) is 13.1 Å². The number of hydrogen-bond acceptors (Lipinski definition) is 2. The number of piperidine rings is 1. The van der Waals surface area contributed by atoms with Gasteiger partial charge in [-0.15, -0.1) is 0 Å². The molecule has 0 unspecified atom stereocenters. The fourth-order valence-electron chi connectivity index (χ4n) is 2.86. The standard InChI is InChI=1S/C17H20N2O/c20-17(14-8-10-18-11-9-14)19-12-15-6-3-5-13-4-1-2-7-16(13)15/h1-7,14,18H,8-12H2,(H,19,20). The van der Waals surface area contributed by atoms with Crippen LogP contribution in [0, 0.1) is 5.92 Å². The minimum atomic E-state index is 0.172. The molecule has 0 bridgehead atoms. The van der Waals surface area contributed by atoms with Gasteiger partial charge in [0, 0.05) is 12.5 Å². The van der Waals surface area contributed by atoms with E-state index in [-0.39, 0.29) is 11.8 Å². The van der Waals surface area contributed by atoms with Crippen LogP contribution >= 0.6 is 0 Å². The zero-order valence-corrected chi connectivity index (χ0v) is 11.6. The second-order valence-corrected chi connectivity index (χ2v) is 5.38. The smallest absolute Gasteiger partial charge is 0.223 e. The van der Waals surface area contributed by atoms with E-state index in [1.165, 1.54) is 16.3 Å². The van der Waals surface area contributed by atoms with Crippen molar-refractivity contribution in [3.05, 3.63) is 48.0 Å². The number of hydrogen-bond donors (Lipinski definition) is 2. The average Bonchev–Trinajstić information content (AvgIpc) is 2.53. The van der Waals surface area contributed by atoms with Crippen molar-refractivity contribution in [1.82, 2.24) is 10.6 Å². The second-order valence-electron chi connectivity index (χ2n) is 5.38. The highest BCUT2D eigenvalue weighted by molar-refractivity contribution is 5.86. The quantitative estimate of drug-likeness (QED) is 0.898. The number of fused-ring (bicyclic) bond motifs is 1. The van der Waals surface area contributed by atoms with Crippen LogP contribution in [-0.4, -0.2) is 19.0 Å². The van der Waals surface area contributed by atoms with Crippen molar-refractivity contribution in [2.24, 2.45) is 5.92 Å². The van der Waals surface area contributed by atoms with Gasteiger partial charge in [-0.1, -0.05) is 42.5 Å². The summed E-state index contributed by atoms with van der Waals surface area (Å²) in [6.45, 7) is 2.52. The van der Waals surface area contributed by atoms with E-state index in [2.05, 4.69) is 34.9 Å². The Balaban J connectivity index is 1.69. The molecule has 2 aromatic rings. The SMILES string of the molecule is O=C(NCc1cccc2ccccc12)C1CCNCC1. The van der Waals surface area contributed by atoms with Crippen LogP contribution in [0.1, 0.15) is 18.4 Å². The van der Waals surface area contributed by atoms with Crippen LogP contribution in [0.3, 0.4) is 0 Å². The first-order valence-corrected chi connectivity index (χ1v) is 7.29. The lowest BCUT2D eigenvalue weighted by Gasteiger charge is -2.21. The van der Waals surface area contributed by atoms with Crippen molar-refractivity contribution >= 4 is 16.7 Å².